The monoisotopic (exact) mass is 647 g/mol. The van der Waals surface area contributed by atoms with Crippen LogP contribution in [-0.2, 0) is 17.0 Å². The average molecular weight is 649 g/mol. The van der Waals surface area contributed by atoms with Crippen LogP contribution >= 0.6 is 35.0 Å². The van der Waals surface area contributed by atoms with Crippen molar-refractivity contribution in [1.82, 2.24) is 20.1 Å². The molecule has 222 valence electrons. The molecular formula is C32H24Cl2FN5O3S. The molecular weight excluding hydrogens is 624 g/mol. The maximum atomic E-state index is 13.5. The van der Waals surface area contributed by atoms with Crippen molar-refractivity contribution in [2.24, 2.45) is 0 Å². The molecule has 0 saturated carbocycles. The number of carbonyl (C=O) groups is 1. The van der Waals surface area contributed by atoms with Crippen LogP contribution in [-0.4, -0.2) is 25.6 Å². The molecule has 8 nitrogen and oxygen atoms in total. The van der Waals surface area contributed by atoms with E-state index in [1.165, 1.54) is 42.1 Å². The van der Waals surface area contributed by atoms with Crippen LogP contribution in [0.1, 0.15) is 28.6 Å². The number of hydrogen-bond donors (Lipinski definition) is 1. The molecule has 0 saturated heterocycles. The fourth-order valence-corrected chi connectivity index (χ4v) is 5.77. The SMILES string of the molecule is O=C(C=Cc1ccc([N+](=O)[O-])cc1)NC(Cc1ccccc1)c1nnc(SCc2ccc(F)cc2)n1-c1ccc(Cl)cc1Cl. The minimum absolute atomic E-state index is 0.0391. The molecule has 0 aliphatic rings. The summed E-state index contributed by atoms with van der Waals surface area (Å²) < 4.78 is 15.3. The Balaban J connectivity index is 1.49. The molecule has 1 heterocycles. The van der Waals surface area contributed by atoms with Gasteiger partial charge >= 0.3 is 0 Å². The number of hydrogen-bond acceptors (Lipinski definition) is 6. The second-order valence-corrected chi connectivity index (χ2v) is 11.4. The molecule has 5 rings (SSSR count). The summed E-state index contributed by atoms with van der Waals surface area (Å²) >= 11 is 14.3. The minimum Gasteiger partial charge on any atom is -0.342 e. The Hall–Kier alpha value is -4.51. The van der Waals surface area contributed by atoms with Crippen LogP contribution in [0.15, 0.2) is 108 Å². The first-order valence-electron chi connectivity index (χ1n) is 13.3. The van der Waals surface area contributed by atoms with Gasteiger partial charge in [0.25, 0.3) is 5.69 Å². The molecule has 0 radical (unpaired) electrons. The lowest BCUT2D eigenvalue weighted by Gasteiger charge is -2.20. The number of nitro groups is 1. The van der Waals surface area contributed by atoms with Crippen LogP contribution in [0, 0.1) is 15.9 Å². The summed E-state index contributed by atoms with van der Waals surface area (Å²) in [6, 6.07) is 26.2. The van der Waals surface area contributed by atoms with Gasteiger partial charge in [-0.05, 0) is 71.7 Å². The normalized spacial score (nSPS) is 11.9. The van der Waals surface area contributed by atoms with Gasteiger partial charge in [0, 0.05) is 29.0 Å². The second-order valence-electron chi connectivity index (χ2n) is 9.62. The Morgan fingerprint density at radius 2 is 1.70 bits per heavy atom. The lowest BCUT2D eigenvalue weighted by molar-refractivity contribution is -0.384. The van der Waals surface area contributed by atoms with Crippen molar-refractivity contribution in [3.05, 3.63) is 152 Å². The van der Waals surface area contributed by atoms with E-state index in [1.54, 1.807) is 53.1 Å². The molecule has 4 aromatic carbocycles. The number of nitrogens with zero attached hydrogens (tertiary/aromatic N) is 4. The predicted molar refractivity (Wildman–Crippen MR) is 171 cm³/mol. The molecule has 44 heavy (non-hydrogen) atoms. The van der Waals surface area contributed by atoms with Gasteiger partial charge in [0.15, 0.2) is 11.0 Å². The molecule has 1 aromatic heterocycles. The van der Waals surface area contributed by atoms with Crippen LogP contribution < -0.4 is 5.32 Å². The lowest BCUT2D eigenvalue weighted by atomic mass is 10.0. The summed E-state index contributed by atoms with van der Waals surface area (Å²) in [4.78, 5) is 23.7. The number of aromatic nitrogens is 3. The van der Waals surface area contributed by atoms with Crippen LogP contribution in [0.2, 0.25) is 10.0 Å². The van der Waals surface area contributed by atoms with Gasteiger partial charge in [0.05, 0.1) is 21.7 Å². The highest BCUT2D eigenvalue weighted by atomic mass is 35.5. The number of nitrogens with one attached hydrogen (secondary N) is 1. The highest BCUT2D eigenvalue weighted by Gasteiger charge is 2.25. The minimum atomic E-state index is -0.633. The molecule has 5 aromatic rings. The molecule has 0 aliphatic carbocycles. The third-order valence-corrected chi connectivity index (χ3v) is 8.07. The van der Waals surface area contributed by atoms with E-state index in [-0.39, 0.29) is 11.5 Å². The van der Waals surface area contributed by atoms with E-state index >= 15 is 0 Å². The molecule has 1 atom stereocenters. The fourth-order valence-electron chi connectivity index (χ4n) is 4.37. The van der Waals surface area contributed by atoms with Gasteiger partial charge in [-0.2, -0.15) is 0 Å². The Kier molecular flexibility index (Phi) is 10.1. The Morgan fingerprint density at radius 3 is 2.39 bits per heavy atom. The van der Waals surface area contributed by atoms with Crippen molar-refractivity contribution in [1.29, 1.82) is 0 Å². The topological polar surface area (TPSA) is 103 Å². The smallest absolute Gasteiger partial charge is 0.269 e. The van der Waals surface area contributed by atoms with Gasteiger partial charge in [-0.3, -0.25) is 19.5 Å². The Bertz CT molecular complexity index is 1800. The number of nitro benzene ring substituents is 1. The first-order chi connectivity index (χ1) is 21.3. The molecule has 1 unspecified atom stereocenters. The van der Waals surface area contributed by atoms with E-state index in [9.17, 15) is 19.3 Å². The van der Waals surface area contributed by atoms with Crippen LogP contribution in [0.25, 0.3) is 11.8 Å². The maximum absolute atomic E-state index is 13.5. The number of rotatable bonds is 11. The van der Waals surface area contributed by atoms with Gasteiger partial charge in [0.1, 0.15) is 5.82 Å². The van der Waals surface area contributed by atoms with Gasteiger partial charge in [-0.1, -0.05) is 77.4 Å². The lowest BCUT2D eigenvalue weighted by Crippen LogP contribution is -2.30. The van der Waals surface area contributed by atoms with E-state index in [1.807, 2.05) is 30.3 Å². The number of non-ortho nitro benzene ring substituents is 1. The molecule has 12 heteroatoms. The molecule has 1 N–H and O–H groups in total. The number of thioether (sulfide) groups is 1. The van der Waals surface area contributed by atoms with Crippen LogP contribution in [0.4, 0.5) is 10.1 Å². The standard InChI is InChI=1S/C32H24Cl2FN5O3S/c33-24-11-16-29(27(34)19-24)39-31(37-38-32(39)44-20-23-6-12-25(35)13-7-23)28(18-22-4-2-1-3-5-22)36-30(41)17-10-21-8-14-26(15-9-21)40(42)43/h1-17,19,28H,18,20H2,(H,36,41). The molecule has 1 amide bonds. The van der Waals surface area contributed by atoms with Crippen LogP contribution in [0.5, 0.6) is 0 Å². The molecule has 0 spiro atoms. The number of benzene rings is 4. The van der Waals surface area contributed by atoms with E-state index in [4.69, 9.17) is 23.2 Å². The molecule has 0 aliphatic heterocycles. The van der Waals surface area contributed by atoms with Gasteiger partial charge in [-0.15, -0.1) is 10.2 Å². The van der Waals surface area contributed by atoms with Crippen molar-refractivity contribution in [3.8, 4) is 5.69 Å². The van der Waals surface area contributed by atoms with E-state index < -0.39 is 16.9 Å². The third kappa shape index (κ3) is 7.90. The summed E-state index contributed by atoms with van der Waals surface area (Å²) in [6.07, 6.45) is 3.33. The summed E-state index contributed by atoms with van der Waals surface area (Å²) in [5.74, 6) is 0.203. The van der Waals surface area contributed by atoms with Crippen molar-refractivity contribution < 1.29 is 14.1 Å². The van der Waals surface area contributed by atoms with Gasteiger partial charge < -0.3 is 5.32 Å². The number of amides is 1. The fraction of sp³-hybridized carbons (Fsp3) is 0.0938. The second kappa shape index (κ2) is 14.3. The summed E-state index contributed by atoms with van der Waals surface area (Å²) in [5.41, 5.74) is 3.00. The highest BCUT2D eigenvalue weighted by molar-refractivity contribution is 7.98. The van der Waals surface area contributed by atoms with E-state index in [2.05, 4.69) is 15.5 Å². The summed E-state index contributed by atoms with van der Waals surface area (Å²) in [5, 5.41) is 24.3. The first kappa shape index (κ1) is 30.9. The molecule has 0 bridgehead atoms. The predicted octanol–water partition coefficient (Wildman–Crippen LogP) is 8.03. The first-order valence-corrected chi connectivity index (χ1v) is 15.1. The van der Waals surface area contributed by atoms with Crippen molar-refractivity contribution in [2.75, 3.05) is 0 Å². The van der Waals surface area contributed by atoms with Gasteiger partial charge in [-0.25, -0.2) is 4.39 Å². The molecule has 0 fully saturated rings. The maximum Gasteiger partial charge on any atom is 0.269 e. The number of halogens is 3. The highest BCUT2D eigenvalue weighted by Crippen LogP contribution is 2.33. The van der Waals surface area contributed by atoms with Crippen molar-refractivity contribution in [3.63, 3.8) is 0 Å². The van der Waals surface area contributed by atoms with E-state index in [0.717, 1.165) is 11.1 Å². The summed E-state index contributed by atoms with van der Waals surface area (Å²) in [6.45, 7) is 0. The Morgan fingerprint density at radius 1 is 0.977 bits per heavy atom. The van der Waals surface area contributed by atoms with Gasteiger partial charge in [0.2, 0.25) is 5.91 Å². The zero-order chi connectivity index (χ0) is 31.1. The van der Waals surface area contributed by atoms with Crippen LogP contribution in [0.3, 0.4) is 0 Å². The average Bonchev–Trinajstić information content (AvgIpc) is 3.43. The zero-order valence-electron chi connectivity index (χ0n) is 22.9. The number of carbonyl (C=O) groups excluding carboxylic acids is 1. The van der Waals surface area contributed by atoms with E-state index in [0.29, 0.717) is 44.5 Å². The van der Waals surface area contributed by atoms with Crippen molar-refractivity contribution in [2.45, 2.75) is 23.4 Å². The largest absolute Gasteiger partial charge is 0.342 e. The zero-order valence-corrected chi connectivity index (χ0v) is 25.3. The summed E-state index contributed by atoms with van der Waals surface area (Å²) in [7, 11) is 0. The quantitative estimate of drug-likeness (QED) is 0.0674. The Labute approximate surface area is 266 Å². The third-order valence-electron chi connectivity index (χ3n) is 6.53. The van der Waals surface area contributed by atoms with Crippen molar-refractivity contribution >= 4 is 52.6 Å².